The molecule has 0 fully saturated rings. The molecule has 0 unspecified atom stereocenters. The maximum atomic E-state index is 11.8. The molecule has 5 nitrogen and oxygen atoms in total. The third-order valence-electron chi connectivity index (χ3n) is 1.87. The molecule has 0 atom stereocenters. The van der Waals surface area contributed by atoms with Crippen molar-refractivity contribution in [3.63, 3.8) is 0 Å². The highest BCUT2D eigenvalue weighted by Gasteiger charge is 2.27. The van der Waals surface area contributed by atoms with Gasteiger partial charge in [-0.1, -0.05) is 0 Å². The number of aromatic nitrogens is 1. The lowest BCUT2D eigenvalue weighted by molar-refractivity contribution is 0.0478. The summed E-state index contributed by atoms with van der Waals surface area (Å²) in [5.41, 5.74) is 0.491. The number of carbonyl (C=O) groups excluding carboxylic acids is 2. The van der Waals surface area contributed by atoms with Crippen LogP contribution in [0.3, 0.4) is 0 Å². The normalized spacial score (nSPS) is 10.1. The van der Waals surface area contributed by atoms with Crippen LogP contribution in [0.5, 0.6) is 0 Å². The van der Waals surface area contributed by atoms with Crippen molar-refractivity contribution in [1.29, 1.82) is 0 Å². The van der Waals surface area contributed by atoms with E-state index in [0.717, 1.165) is 0 Å². The number of hydrogen-bond acceptors (Lipinski definition) is 4. The van der Waals surface area contributed by atoms with Crippen LogP contribution in [0.4, 0.5) is 0 Å². The molecule has 1 aromatic heterocycles. The van der Waals surface area contributed by atoms with Crippen LogP contribution < -0.4 is 0 Å². The quantitative estimate of drug-likeness (QED) is 0.551. The van der Waals surface area contributed by atoms with E-state index in [-0.39, 0.29) is 24.3 Å². The monoisotopic (exact) mass is 463 g/mol. The van der Waals surface area contributed by atoms with E-state index >= 15 is 0 Å². The lowest BCUT2D eigenvalue weighted by atomic mass is 10.2. The van der Waals surface area contributed by atoms with E-state index in [4.69, 9.17) is 9.47 Å². The first-order chi connectivity index (χ1) is 8.02. The standard InChI is InChI=1S/C10H11I2NO4/c1-3-16-9(14)5-6(10(15)17-4-2)8(12)13-7(5)11/h13H,3-4H2,1-2H3. The number of hydrogen-bond donors (Lipinski definition) is 1. The molecule has 1 aromatic rings. The molecule has 0 aliphatic heterocycles. The average Bonchev–Trinajstić information content (AvgIpc) is 2.54. The van der Waals surface area contributed by atoms with Gasteiger partial charge in [0, 0.05) is 0 Å². The molecule has 0 aliphatic carbocycles. The molecule has 0 aromatic carbocycles. The Hall–Kier alpha value is -0.320. The summed E-state index contributed by atoms with van der Waals surface area (Å²) in [5.74, 6) is -1.03. The Bertz CT molecular complexity index is 403. The summed E-state index contributed by atoms with van der Waals surface area (Å²) < 4.78 is 11.0. The molecule has 17 heavy (non-hydrogen) atoms. The van der Waals surface area contributed by atoms with Crippen LogP contribution in [0, 0.1) is 7.40 Å². The van der Waals surface area contributed by atoms with Crippen LogP contribution >= 0.6 is 45.2 Å². The van der Waals surface area contributed by atoms with E-state index < -0.39 is 11.9 Å². The van der Waals surface area contributed by atoms with Gasteiger partial charge < -0.3 is 14.5 Å². The third-order valence-corrected chi connectivity index (χ3v) is 3.49. The second-order valence-corrected chi connectivity index (χ2v) is 5.10. The van der Waals surface area contributed by atoms with Crippen LogP contribution in [0.1, 0.15) is 34.6 Å². The zero-order chi connectivity index (χ0) is 13.0. The zero-order valence-corrected chi connectivity index (χ0v) is 13.6. The summed E-state index contributed by atoms with van der Waals surface area (Å²) in [6.07, 6.45) is 0. The number of halogens is 2. The van der Waals surface area contributed by atoms with Crippen molar-refractivity contribution in [3.05, 3.63) is 18.5 Å². The number of carbonyl (C=O) groups is 2. The van der Waals surface area contributed by atoms with Crippen LogP contribution in [-0.4, -0.2) is 30.1 Å². The lowest BCUT2D eigenvalue weighted by Crippen LogP contribution is -2.13. The van der Waals surface area contributed by atoms with Gasteiger partial charge in [0.25, 0.3) is 0 Å². The number of rotatable bonds is 4. The molecule has 0 saturated heterocycles. The summed E-state index contributed by atoms with van der Waals surface area (Å²) in [6, 6.07) is 0. The Balaban J connectivity index is 3.19. The highest BCUT2D eigenvalue weighted by atomic mass is 127. The Kier molecular flexibility index (Phi) is 5.70. The number of ether oxygens (including phenoxy) is 2. The topological polar surface area (TPSA) is 68.4 Å². The van der Waals surface area contributed by atoms with E-state index in [0.29, 0.717) is 7.40 Å². The largest absolute Gasteiger partial charge is 0.462 e. The van der Waals surface area contributed by atoms with Crippen LogP contribution in [0.2, 0.25) is 0 Å². The minimum Gasteiger partial charge on any atom is -0.462 e. The molecular weight excluding hydrogens is 452 g/mol. The summed E-state index contributed by atoms with van der Waals surface area (Å²) in [5, 5.41) is 0. The number of nitrogens with one attached hydrogen (secondary N) is 1. The highest BCUT2D eigenvalue weighted by Crippen LogP contribution is 2.24. The Morgan fingerprint density at radius 1 is 1.00 bits per heavy atom. The fourth-order valence-electron chi connectivity index (χ4n) is 1.23. The SMILES string of the molecule is CCOC(=O)c1c(I)[nH]c(I)c1C(=O)OCC. The summed E-state index contributed by atoms with van der Waals surface area (Å²) in [7, 11) is 0. The van der Waals surface area contributed by atoms with Crippen molar-refractivity contribution in [2.24, 2.45) is 0 Å². The Morgan fingerprint density at radius 2 is 1.35 bits per heavy atom. The molecule has 94 valence electrons. The number of aromatic amines is 1. The Morgan fingerprint density at radius 3 is 1.65 bits per heavy atom. The summed E-state index contributed by atoms with van der Waals surface area (Å²) in [4.78, 5) is 26.4. The zero-order valence-electron chi connectivity index (χ0n) is 9.30. The fourth-order valence-corrected chi connectivity index (χ4v) is 3.27. The van der Waals surface area contributed by atoms with Crippen molar-refractivity contribution in [2.45, 2.75) is 13.8 Å². The van der Waals surface area contributed by atoms with Crippen molar-refractivity contribution >= 4 is 57.1 Å². The van der Waals surface area contributed by atoms with E-state index in [1.54, 1.807) is 13.8 Å². The second-order valence-electron chi connectivity index (χ2n) is 2.94. The van der Waals surface area contributed by atoms with Crippen molar-refractivity contribution in [1.82, 2.24) is 4.98 Å². The predicted octanol–water partition coefficient (Wildman–Crippen LogP) is 2.58. The summed E-state index contributed by atoms with van der Waals surface area (Å²) >= 11 is 3.91. The molecule has 0 spiro atoms. The summed E-state index contributed by atoms with van der Waals surface area (Å²) in [6.45, 7) is 3.96. The Labute approximate surface area is 126 Å². The second kappa shape index (κ2) is 6.57. The maximum Gasteiger partial charge on any atom is 0.341 e. The number of esters is 2. The minimum absolute atomic E-state index is 0.246. The first kappa shape index (κ1) is 14.7. The smallest absolute Gasteiger partial charge is 0.341 e. The van der Waals surface area contributed by atoms with E-state index in [1.165, 1.54) is 0 Å². The average molecular weight is 463 g/mol. The molecule has 0 saturated carbocycles. The van der Waals surface area contributed by atoms with Gasteiger partial charge in [-0.05, 0) is 59.0 Å². The van der Waals surface area contributed by atoms with Gasteiger partial charge in [0.2, 0.25) is 0 Å². The number of H-pyrrole nitrogens is 1. The molecule has 7 heteroatoms. The van der Waals surface area contributed by atoms with Gasteiger partial charge in [0.1, 0.15) is 11.1 Å². The maximum absolute atomic E-state index is 11.8. The fraction of sp³-hybridized carbons (Fsp3) is 0.400. The lowest BCUT2D eigenvalue weighted by Gasteiger charge is -2.04. The molecule has 1 heterocycles. The van der Waals surface area contributed by atoms with Crippen molar-refractivity contribution in [2.75, 3.05) is 13.2 Å². The van der Waals surface area contributed by atoms with Crippen LogP contribution in [-0.2, 0) is 9.47 Å². The van der Waals surface area contributed by atoms with Crippen LogP contribution in [0.25, 0.3) is 0 Å². The third kappa shape index (κ3) is 3.33. The van der Waals surface area contributed by atoms with Gasteiger partial charge in [-0.15, -0.1) is 0 Å². The van der Waals surface area contributed by atoms with E-state index in [2.05, 4.69) is 4.98 Å². The van der Waals surface area contributed by atoms with Gasteiger partial charge in [0.15, 0.2) is 0 Å². The molecule has 0 radical (unpaired) electrons. The van der Waals surface area contributed by atoms with Gasteiger partial charge in [0.05, 0.1) is 20.6 Å². The minimum atomic E-state index is -0.515. The molecule has 1 N–H and O–H groups in total. The van der Waals surface area contributed by atoms with Gasteiger partial charge in [-0.25, -0.2) is 9.59 Å². The predicted molar refractivity (Wildman–Crippen MR) is 78.1 cm³/mol. The first-order valence-corrected chi connectivity index (χ1v) is 7.09. The van der Waals surface area contributed by atoms with Gasteiger partial charge >= 0.3 is 11.9 Å². The first-order valence-electron chi connectivity index (χ1n) is 4.94. The van der Waals surface area contributed by atoms with Gasteiger partial charge in [-0.3, -0.25) is 0 Å². The van der Waals surface area contributed by atoms with E-state index in [1.807, 2.05) is 45.2 Å². The van der Waals surface area contributed by atoms with Gasteiger partial charge in [-0.2, -0.15) is 0 Å². The van der Waals surface area contributed by atoms with Crippen molar-refractivity contribution in [3.8, 4) is 0 Å². The van der Waals surface area contributed by atoms with E-state index in [9.17, 15) is 9.59 Å². The molecule has 1 rings (SSSR count). The van der Waals surface area contributed by atoms with Crippen LogP contribution in [0.15, 0.2) is 0 Å². The molecule has 0 bridgehead atoms. The molecular formula is C10H11I2NO4. The molecule has 0 amide bonds. The molecule has 0 aliphatic rings. The highest BCUT2D eigenvalue weighted by molar-refractivity contribution is 14.1. The van der Waals surface area contributed by atoms with Crippen molar-refractivity contribution < 1.29 is 19.1 Å².